The molecule has 8 heteroatoms. The summed E-state index contributed by atoms with van der Waals surface area (Å²) >= 11 is 0. The van der Waals surface area contributed by atoms with Gasteiger partial charge in [0.15, 0.2) is 0 Å². The molecule has 1 aromatic heterocycles. The molecule has 0 unspecified atom stereocenters. The van der Waals surface area contributed by atoms with Crippen LogP contribution in [0.3, 0.4) is 0 Å². The maximum absolute atomic E-state index is 12.7. The third-order valence-corrected chi connectivity index (χ3v) is 4.27. The van der Waals surface area contributed by atoms with Gasteiger partial charge in [0.2, 0.25) is 0 Å². The fourth-order valence-corrected chi connectivity index (χ4v) is 2.79. The maximum Gasteiger partial charge on any atom is 0.410 e. The summed E-state index contributed by atoms with van der Waals surface area (Å²) in [6.07, 6.45) is 0.676. The number of hydrogen-bond donors (Lipinski definition) is 1. The summed E-state index contributed by atoms with van der Waals surface area (Å²) in [4.78, 5) is 28.6. The topological polar surface area (TPSA) is 106 Å². The van der Waals surface area contributed by atoms with Crippen molar-refractivity contribution in [1.29, 1.82) is 0 Å². The lowest BCUT2D eigenvalue weighted by Crippen LogP contribution is -2.40. The van der Waals surface area contributed by atoms with E-state index in [1.165, 1.54) is 17.0 Å². The lowest BCUT2D eigenvalue weighted by Gasteiger charge is -2.29. The number of carbonyl (C=O) groups excluding carboxylic acids is 1. The molecule has 1 heterocycles. The third kappa shape index (κ3) is 6.83. The third-order valence-electron chi connectivity index (χ3n) is 4.27. The Labute approximate surface area is 170 Å². The van der Waals surface area contributed by atoms with Crippen molar-refractivity contribution < 1.29 is 19.6 Å². The molecule has 0 spiro atoms. The molecular weight excluding hydrogens is 374 g/mol. The van der Waals surface area contributed by atoms with E-state index in [-0.39, 0.29) is 12.2 Å². The van der Waals surface area contributed by atoms with E-state index in [1.807, 2.05) is 0 Å². The first kappa shape index (κ1) is 22.3. The number of aryl methyl sites for hydroxylation is 1. The average molecular weight is 401 g/mol. The van der Waals surface area contributed by atoms with E-state index < -0.39 is 22.7 Å². The highest BCUT2D eigenvalue weighted by Crippen LogP contribution is 2.19. The number of aliphatic hydroxyl groups is 1. The van der Waals surface area contributed by atoms with Gasteiger partial charge in [-0.15, -0.1) is 0 Å². The zero-order chi connectivity index (χ0) is 21.6. The number of carbonyl (C=O) groups is 1. The molecule has 0 radical (unpaired) electrons. The Balaban J connectivity index is 2.13. The molecule has 2 aromatic rings. The number of ether oxygens (including phenoxy) is 1. The van der Waals surface area contributed by atoms with Crippen LogP contribution in [0.5, 0.6) is 0 Å². The van der Waals surface area contributed by atoms with E-state index in [4.69, 9.17) is 4.74 Å². The summed E-state index contributed by atoms with van der Waals surface area (Å²) in [5.41, 5.74) is 1.53. The molecule has 0 saturated carbocycles. The lowest BCUT2D eigenvalue weighted by molar-refractivity contribution is -0.384. The highest BCUT2D eigenvalue weighted by atomic mass is 16.6. The van der Waals surface area contributed by atoms with E-state index >= 15 is 0 Å². The summed E-state index contributed by atoms with van der Waals surface area (Å²) in [5, 5.41) is 21.4. The van der Waals surface area contributed by atoms with Gasteiger partial charge in [0, 0.05) is 36.1 Å². The monoisotopic (exact) mass is 401 g/mol. The number of nitro groups is 1. The van der Waals surface area contributed by atoms with Crippen molar-refractivity contribution in [3.05, 3.63) is 69.5 Å². The molecule has 1 amide bonds. The second kappa shape index (κ2) is 9.47. The van der Waals surface area contributed by atoms with Gasteiger partial charge in [-0.05, 0) is 45.7 Å². The summed E-state index contributed by atoms with van der Waals surface area (Å²) in [5.74, 6) is 0. The molecule has 1 atom stereocenters. The zero-order valence-electron chi connectivity index (χ0n) is 17.2. The first-order chi connectivity index (χ1) is 13.6. The van der Waals surface area contributed by atoms with Gasteiger partial charge in [-0.2, -0.15) is 0 Å². The minimum absolute atomic E-state index is 0.0141. The zero-order valence-corrected chi connectivity index (χ0v) is 17.2. The number of hydrogen-bond acceptors (Lipinski definition) is 6. The maximum atomic E-state index is 12.7. The number of aliphatic hydroxyl groups excluding tert-OH is 1. The first-order valence-corrected chi connectivity index (χ1v) is 9.37. The van der Waals surface area contributed by atoms with Crippen molar-refractivity contribution in [3.8, 4) is 0 Å². The molecule has 2 rings (SSSR count). The SMILES string of the molecule is Cc1ncccc1[C@@H](O)CN(CCc1ccc([N+](=O)[O-])cc1)C(=O)OC(C)(C)C. The molecule has 0 aliphatic heterocycles. The van der Waals surface area contributed by atoms with Crippen LogP contribution in [0, 0.1) is 17.0 Å². The number of rotatable bonds is 7. The summed E-state index contributed by atoms with van der Waals surface area (Å²) in [6.45, 7) is 7.48. The van der Waals surface area contributed by atoms with E-state index in [9.17, 15) is 20.0 Å². The second-order valence-electron chi connectivity index (χ2n) is 7.79. The van der Waals surface area contributed by atoms with Crippen LogP contribution in [0.1, 0.15) is 43.7 Å². The molecule has 0 saturated heterocycles. The van der Waals surface area contributed by atoms with Crippen molar-refractivity contribution in [1.82, 2.24) is 9.88 Å². The minimum Gasteiger partial charge on any atom is -0.444 e. The van der Waals surface area contributed by atoms with Gasteiger partial charge in [0.25, 0.3) is 5.69 Å². The molecule has 0 aliphatic carbocycles. The number of benzene rings is 1. The van der Waals surface area contributed by atoms with Crippen molar-refractivity contribution in [2.75, 3.05) is 13.1 Å². The summed E-state index contributed by atoms with van der Waals surface area (Å²) < 4.78 is 5.48. The number of non-ortho nitro benzene ring substituents is 1. The Morgan fingerprint density at radius 3 is 2.48 bits per heavy atom. The Hall–Kier alpha value is -3.00. The fraction of sp³-hybridized carbons (Fsp3) is 0.429. The lowest BCUT2D eigenvalue weighted by atomic mass is 10.1. The van der Waals surface area contributed by atoms with Crippen molar-refractivity contribution in [2.24, 2.45) is 0 Å². The molecule has 0 aliphatic rings. The van der Waals surface area contributed by atoms with Crippen molar-refractivity contribution in [3.63, 3.8) is 0 Å². The number of amides is 1. The van der Waals surface area contributed by atoms with Gasteiger partial charge in [-0.25, -0.2) is 4.79 Å². The van der Waals surface area contributed by atoms with Gasteiger partial charge in [-0.1, -0.05) is 18.2 Å². The number of aromatic nitrogens is 1. The normalized spacial score (nSPS) is 12.3. The molecular formula is C21H27N3O5. The van der Waals surface area contributed by atoms with Gasteiger partial charge >= 0.3 is 6.09 Å². The summed E-state index contributed by atoms with van der Waals surface area (Å²) in [6, 6.07) is 9.69. The van der Waals surface area contributed by atoms with Crippen LogP contribution in [-0.4, -0.2) is 44.7 Å². The molecule has 29 heavy (non-hydrogen) atoms. The van der Waals surface area contributed by atoms with E-state index in [1.54, 1.807) is 58.2 Å². The van der Waals surface area contributed by atoms with Gasteiger partial charge in [0.05, 0.1) is 17.6 Å². The Morgan fingerprint density at radius 1 is 1.28 bits per heavy atom. The van der Waals surface area contributed by atoms with Gasteiger partial charge in [0.1, 0.15) is 5.60 Å². The molecule has 156 valence electrons. The molecule has 8 nitrogen and oxygen atoms in total. The second-order valence-corrected chi connectivity index (χ2v) is 7.79. The van der Waals surface area contributed by atoms with Crippen LogP contribution in [-0.2, 0) is 11.2 Å². The van der Waals surface area contributed by atoms with Crippen LogP contribution in [0.25, 0.3) is 0 Å². The molecule has 0 bridgehead atoms. The Kier molecular flexibility index (Phi) is 7.28. The quantitative estimate of drug-likeness (QED) is 0.559. The Morgan fingerprint density at radius 2 is 1.93 bits per heavy atom. The standard InChI is InChI=1S/C21H27N3O5/c1-15-18(6-5-12-22-15)19(25)14-23(20(26)29-21(2,3)4)13-11-16-7-9-17(10-8-16)24(27)28/h5-10,12,19,25H,11,13-14H2,1-4H3/t19-/m0/s1. The van der Waals surface area contributed by atoms with Crippen LogP contribution >= 0.6 is 0 Å². The van der Waals surface area contributed by atoms with E-state index in [0.717, 1.165) is 5.56 Å². The van der Waals surface area contributed by atoms with Crippen molar-refractivity contribution >= 4 is 11.8 Å². The fourth-order valence-electron chi connectivity index (χ4n) is 2.79. The van der Waals surface area contributed by atoms with E-state index in [0.29, 0.717) is 24.2 Å². The van der Waals surface area contributed by atoms with Crippen LogP contribution in [0.15, 0.2) is 42.6 Å². The largest absolute Gasteiger partial charge is 0.444 e. The average Bonchev–Trinajstić information content (AvgIpc) is 2.64. The highest BCUT2D eigenvalue weighted by molar-refractivity contribution is 5.68. The number of nitrogens with zero attached hydrogens (tertiary/aromatic N) is 3. The van der Waals surface area contributed by atoms with Crippen molar-refractivity contribution in [2.45, 2.75) is 45.8 Å². The predicted molar refractivity (Wildman–Crippen MR) is 109 cm³/mol. The number of nitro benzene ring substituents is 1. The Bertz CT molecular complexity index is 846. The minimum atomic E-state index is -0.909. The summed E-state index contributed by atoms with van der Waals surface area (Å²) in [7, 11) is 0. The smallest absolute Gasteiger partial charge is 0.410 e. The first-order valence-electron chi connectivity index (χ1n) is 9.37. The molecule has 1 aromatic carbocycles. The number of pyridine rings is 1. The van der Waals surface area contributed by atoms with Crippen LogP contribution < -0.4 is 0 Å². The molecule has 0 fully saturated rings. The van der Waals surface area contributed by atoms with Gasteiger partial charge < -0.3 is 14.7 Å². The predicted octanol–water partition coefficient (Wildman–Crippen LogP) is 3.81. The van der Waals surface area contributed by atoms with Crippen LogP contribution in [0.4, 0.5) is 10.5 Å². The van der Waals surface area contributed by atoms with Crippen LogP contribution in [0.2, 0.25) is 0 Å². The highest BCUT2D eigenvalue weighted by Gasteiger charge is 2.25. The van der Waals surface area contributed by atoms with Gasteiger partial charge in [-0.3, -0.25) is 15.1 Å². The molecule has 1 N–H and O–H groups in total. The van der Waals surface area contributed by atoms with E-state index in [2.05, 4.69) is 4.98 Å².